The van der Waals surface area contributed by atoms with Crippen LogP contribution in [-0.2, 0) is 15.9 Å². The summed E-state index contributed by atoms with van der Waals surface area (Å²) >= 11 is 1.61. The molecule has 2 heterocycles. The summed E-state index contributed by atoms with van der Waals surface area (Å²) in [5, 5.41) is 7.26. The third-order valence-corrected chi connectivity index (χ3v) is 7.71. The average Bonchev–Trinajstić information content (AvgIpc) is 3.27. The molecule has 0 radical (unpaired) electrons. The van der Waals surface area contributed by atoms with E-state index in [-0.39, 0.29) is 18.2 Å². The van der Waals surface area contributed by atoms with Crippen molar-refractivity contribution in [3.8, 4) is 0 Å². The molecule has 176 valence electrons. The Balaban J connectivity index is 1.33. The molecule has 0 atom stereocenters. The minimum atomic E-state index is -0.130. The van der Waals surface area contributed by atoms with Crippen LogP contribution in [0.5, 0.6) is 0 Å². The summed E-state index contributed by atoms with van der Waals surface area (Å²) in [5.74, 6) is 0.470. The van der Waals surface area contributed by atoms with Crippen LogP contribution in [0.15, 0.2) is 12.1 Å². The van der Waals surface area contributed by atoms with Crippen molar-refractivity contribution in [2.45, 2.75) is 103 Å². The molecule has 1 saturated heterocycles. The van der Waals surface area contributed by atoms with Crippen molar-refractivity contribution in [1.29, 1.82) is 0 Å². The lowest BCUT2D eigenvalue weighted by Gasteiger charge is -2.39. The first-order valence-electron chi connectivity index (χ1n) is 12.6. The van der Waals surface area contributed by atoms with Gasteiger partial charge in [-0.2, -0.15) is 0 Å². The maximum absolute atomic E-state index is 12.6. The van der Waals surface area contributed by atoms with Gasteiger partial charge in [-0.1, -0.05) is 39.5 Å². The Bertz CT molecular complexity index is 634. The summed E-state index contributed by atoms with van der Waals surface area (Å²) < 4.78 is 11.8. The number of ether oxygens (including phenoxy) is 2. The molecule has 1 aromatic rings. The molecule has 1 aliphatic carbocycles. The van der Waals surface area contributed by atoms with Crippen molar-refractivity contribution in [3.63, 3.8) is 0 Å². The van der Waals surface area contributed by atoms with E-state index in [0.717, 1.165) is 63.1 Å². The van der Waals surface area contributed by atoms with Crippen LogP contribution in [0.3, 0.4) is 0 Å². The van der Waals surface area contributed by atoms with Gasteiger partial charge in [-0.05, 0) is 63.0 Å². The Morgan fingerprint density at radius 1 is 0.968 bits per heavy atom. The second-order valence-electron chi connectivity index (χ2n) is 9.16. The molecule has 1 saturated carbocycles. The number of esters is 1. The number of carbonyl (C=O) groups is 1. The smallest absolute Gasteiger partial charge is 0.348 e. The maximum atomic E-state index is 12.6. The number of nitrogens with one attached hydrogen (secondary N) is 2. The molecular formula is C25H42N2O3S. The molecule has 6 heteroatoms. The highest BCUT2D eigenvalue weighted by molar-refractivity contribution is 7.13. The quantitative estimate of drug-likeness (QED) is 0.335. The molecule has 2 N–H and O–H groups in total. The van der Waals surface area contributed by atoms with Gasteiger partial charge in [-0.15, -0.1) is 11.3 Å². The summed E-state index contributed by atoms with van der Waals surface area (Å²) in [6, 6.07) is 4.05. The zero-order valence-corrected chi connectivity index (χ0v) is 20.3. The first kappa shape index (κ1) is 24.7. The van der Waals surface area contributed by atoms with Crippen LogP contribution in [0, 0.1) is 5.92 Å². The third-order valence-electron chi connectivity index (χ3n) is 6.59. The van der Waals surface area contributed by atoms with Crippen molar-refractivity contribution >= 4 is 17.3 Å². The number of hydrogen-bond donors (Lipinski definition) is 2. The second-order valence-corrected chi connectivity index (χ2v) is 10.3. The lowest BCUT2D eigenvalue weighted by Crippen LogP contribution is -2.59. The fourth-order valence-corrected chi connectivity index (χ4v) is 5.54. The second kappa shape index (κ2) is 13.6. The van der Waals surface area contributed by atoms with Gasteiger partial charge in [0.1, 0.15) is 11.0 Å². The lowest BCUT2D eigenvalue weighted by molar-refractivity contribution is 0.00402. The van der Waals surface area contributed by atoms with Crippen LogP contribution in [0.25, 0.3) is 0 Å². The predicted molar refractivity (Wildman–Crippen MR) is 128 cm³/mol. The Kier molecular flexibility index (Phi) is 10.8. The molecule has 0 aromatic carbocycles. The molecule has 1 aromatic heterocycles. The molecule has 0 spiro atoms. The van der Waals surface area contributed by atoms with Crippen LogP contribution >= 0.6 is 11.3 Å². The SMILES string of the molecule is CCCCCCc1ccc(C(=O)OC2CCC(C3NCC(OCCCC)CN3)CC2)s1. The lowest BCUT2D eigenvalue weighted by atomic mass is 9.84. The van der Waals surface area contributed by atoms with E-state index >= 15 is 0 Å². The van der Waals surface area contributed by atoms with E-state index in [9.17, 15) is 4.79 Å². The molecule has 0 unspecified atom stereocenters. The van der Waals surface area contributed by atoms with Crippen molar-refractivity contribution in [2.75, 3.05) is 19.7 Å². The normalized spacial score (nSPS) is 26.6. The van der Waals surface area contributed by atoms with E-state index in [4.69, 9.17) is 9.47 Å². The zero-order valence-electron chi connectivity index (χ0n) is 19.5. The molecule has 3 rings (SSSR count). The van der Waals surface area contributed by atoms with Gasteiger partial charge in [-0.3, -0.25) is 10.6 Å². The summed E-state index contributed by atoms with van der Waals surface area (Å²) in [5.41, 5.74) is 0. The third kappa shape index (κ3) is 8.16. The predicted octanol–water partition coefficient (Wildman–Crippen LogP) is 5.29. The summed E-state index contributed by atoms with van der Waals surface area (Å²) in [6.07, 6.45) is 13.2. The summed E-state index contributed by atoms with van der Waals surface area (Å²) in [4.78, 5) is 14.6. The van der Waals surface area contributed by atoms with Gasteiger partial charge < -0.3 is 9.47 Å². The van der Waals surface area contributed by atoms with Crippen molar-refractivity contribution in [3.05, 3.63) is 21.9 Å². The monoisotopic (exact) mass is 450 g/mol. The van der Waals surface area contributed by atoms with Gasteiger partial charge in [0, 0.05) is 24.6 Å². The number of thiophene rings is 1. The maximum Gasteiger partial charge on any atom is 0.348 e. The minimum absolute atomic E-state index is 0.0626. The van der Waals surface area contributed by atoms with E-state index in [0.29, 0.717) is 12.1 Å². The van der Waals surface area contributed by atoms with E-state index in [1.807, 2.05) is 6.07 Å². The number of rotatable bonds is 12. The number of carbonyl (C=O) groups excluding carboxylic acids is 1. The van der Waals surface area contributed by atoms with Gasteiger partial charge >= 0.3 is 5.97 Å². The van der Waals surface area contributed by atoms with Crippen LogP contribution < -0.4 is 10.6 Å². The van der Waals surface area contributed by atoms with Crippen LogP contribution in [0.2, 0.25) is 0 Å². The first-order chi connectivity index (χ1) is 15.2. The van der Waals surface area contributed by atoms with Crippen LogP contribution in [-0.4, -0.2) is 44.0 Å². The zero-order chi connectivity index (χ0) is 21.9. The van der Waals surface area contributed by atoms with Crippen LogP contribution in [0.4, 0.5) is 0 Å². The van der Waals surface area contributed by atoms with Crippen molar-refractivity contribution in [1.82, 2.24) is 10.6 Å². The fourth-order valence-electron chi connectivity index (χ4n) is 4.60. The van der Waals surface area contributed by atoms with Gasteiger partial charge in [0.15, 0.2) is 0 Å². The highest BCUT2D eigenvalue weighted by Gasteiger charge is 2.32. The van der Waals surface area contributed by atoms with E-state index in [1.54, 1.807) is 11.3 Å². The van der Waals surface area contributed by atoms with Gasteiger partial charge in [0.2, 0.25) is 0 Å². The molecule has 5 nitrogen and oxygen atoms in total. The molecule has 2 fully saturated rings. The Morgan fingerprint density at radius 2 is 1.71 bits per heavy atom. The topological polar surface area (TPSA) is 59.6 Å². The standard InChI is InChI=1S/C25H42N2O3S/c1-3-5-7-8-9-22-14-15-23(31-22)25(28)30-20-12-10-19(11-13-20)24-26-17-21(18-27-24)29-16-6-4-2/h14-15,19-21,24,26-27H,3-13,16-18H2,1-2H3. The minimum Gasteiger partial charge on any atom is -0.458 e. The largest absolute Gasteiger partial charge is 0.458 e. The summed E-state index contributed by atoms with van der Waals surface area (Å²) in [6.45, 7) is 7.13. The van der Waals surface area contributed by atoms with E-state index < -0.39 is 0 Å². The Morgan fingerprint density at radius 3 is 2.42 bits per heavy atom. The van der Waals surface area contributed by atoms with Gasteiger partial charge in [-0.25, -0.2) is 4.79 Å². The molecule has 2 aliphatic rings. The highest BCUT2D eigenvalue weighted by atomic mass is 32.1. The fraction of sp³-hybridized carbons (Fsp3) is 0.800. The molecular weight excluding hydrogens is 408 g/mol. The Labute approximate surface area is 192 Å². The molecule has 0 amide bonds. The highest BCUT2D eigenvalue weighted by Crippen LogP contribution is 2.30. The Hall–Kier alpha value is -0.950. The van der Waals surface area contributed by atoms with Gasteiger partial charge in [0.25, 0.3) is 0 Å². The number of aryl methyl sites for hydroxylation is 1. The van der Waals surface area contributed by atoms with Crippen LogP contribution in [0.1, 0.15) is 92.6 Å². The molecule has 31 heavy (non-hydrogen) atoms. The average molecular weight is 451 g/mol. The number of hydrogen-bond acceptors (Lipinski definition) is 6. The molecule has 0 bridgehead atoms. The summed E-state index contributed by atoms with van der Waals surface area (Å²) in [7, 11) is 0. The number of unbranched alkanes of at least 4 members (excludes halogenated alkanes) is 4. The van der Waals surface area contributed by atoms with E-state index in [1.165, 1.54) is 37.0 Å². The van der Waals surface area contributed by atoms with E-state index in [2.05, 4.69) is 30.5 Å². The first-order valence-corrected chi connectivity index (χ1v) is 13.4. The molecule has 1 aliphatic heterocycles. The van der Waals surface area contributed by atoms with Gasteiger partial charge in [0.05, 0.1) is 12.3 Å². The van der Waals surface area contributed by atoms with Crippen molar-refractivity contribution in [2.24, 2.45) is 5.92 Å². The van der Waals surface area contributed by atoms with Crippen molar-refractivity contribution < 1.29 is 14.3 Å².